The Morgan fingerprint density at radius 3 is 2.84 bits per heavy atom. The number of benzene rings is 2. The van der Waals surface area contributed by atoms with Gasteiger partial charge in [0.2, 0.25) is 0 Å². The van der Waals surface area contributed by atoms with Gasteiger partial charge in [-0.15, -0.1) is 0 Å². The Hall–Kier alpha value is -1.40. The molecule has 4 heteroatoms. The summed E-state index contributed by atoms with van der Waals surface area (Å²) in [6.07, 6.45) is 1.75. The van der Waals surface area contributed by atoms with Gasteiger partial charge in [-0.1, -0.05) is 30.3 Å². The Morgan fingerprint density at radius 2 is 2.00 bits per heavy atom. The molecule has 3 rings (SSSR count). The van der Waals surface area contributed by atoms with Gasteiger partial charge in [0.25, 0.3) is 0 Å². The molecule has 0 saturated carbocycles. The van der Waals surface area contributed by atoms with Crippen LogP contribution in [0, 0.1) is 3.57 Å². The fourth-order valence-electron chi connectivity index (χ4n) is 1.95. The van der Waals surface area contributed by atoms with E-state index in [-0.39, 0.29) is 0 Å². The van der Waals surface area contributed by atoms with Crippen molar-refractivity contribution < 1.29 is 4.84 Å². The molecule has 2 aromatic rings. The maximum atomic E-state index is 5.75. The quantitative estimate of drug-likeness (QED) is 0.772. The molecule has 0 aliphatic carbocycles. The highest BCUT2D eigenvalue weighted by Crippen LogP contribution is 2.26. The zero-order valence-corrected chi connectivity index (χ0v) is 12.4. The van der Waals surface area contributed by atoms with Crippen molar-refractivity contribution in [2.24, 2.45) is 4.99 Å². The number of rotatable bonds is 3. The SMILES string of the molecule is Ic1ccc2c(c1)CN(OCc1ccccc1)C=N2. The first-order chi connectivity index (χ1) is 9.31. The van der Waals surface area contributed by atoms with Crippen molar-refractivity contribution in [3.63, 3.8) is 0 Å². The number of hydrogen-bond donors (Lipinski definition) is 0. The maximum absolute atomic E-state index is 5.75. The van der Waals surface area contributed by atoms with Crippen LogP contribution in [0.2, 0.25) is 0 Å². The lowest BCUT2D eigenvalue weighted by Crippen LogP contribution is -2.24. The van der Waals surface area contributed by atoms with Crippen molar-refractivity contribution in [3.05, 3.63) is 63.2 Å². The third-order valence-electron chi connectivity index (χ3n) is 2.93. The maximum Gasteiger partial charge on any atom is 0.117 e. The van der Waals surface area contributed by atoms with Gasteiger partial charge in [-0.2, -0.15) is 0 Å². The first-order valence-corrected chi connectivity index (χ1v) is 7.15. The molecule has 96 valence electrons. The monoisotopic (exact) mass is 364 g/mol. The lowest BCUT2D eigenvalue weighted by atomic mass is 10.1. The average molecular weight is 364 g/mol. The number of halogens is 1. The third kappa shape index (κ3) is 3.13. The number of nitrogens with zero attached hydrogens (tertiary/aromatic N) is 2. The molecule has 3 nitrogen and oxygen atoms in total. The number of hydroxylamine groups is 2. The van der Waals surface area contributed by atoms with E-state index in [1.165, 1.54) is 9.13 Å². The summed E-state index contributed by atoms with van der Waals surface area (Å²) >= 11 is 2.31. The third-order valence-corrected chi connectivity index (χ3v) is 3.60. The van der Waals surface area contributed by atoms with E-state index in [1.807, 2.05) is 24.3 Å². The molecule has 1 heterocycles. The Kier molecular flexibility index (Phi) is 3.79. The number of hydrogen-bond acceptors (Lipinski definition) is 3. The normalized spacial score (nSPS) is 13.4. The predicted octanol–water partition coefficient (Wildman–Crippen LogP) is 3.90. The highest BCUT2D eigenvalue weighted by atomic mass is 127. The summed E-state index contributed by atoms with van der Waals surface area (Å²) in [7, 11) is 0. The van der Waals surface area contributed by atoms with Crippen molar-refractivity contribution in [2.45, 2.75) is 13.2 Å². The largest absolute Gasteiger partial charge is 0.267 e. The molecule has 0 unspecified atom stereocenters. The van der Waals surface area contributed by atoms with Crippen molar-refractivity contribution in [3.8, 4) is 0 Å². The van der Waals surface area contributed by atoms with Crippen molar-refractivity contribution in [2.75, 3.05) is 0 Å². The molecule has 0 bridgehead atoms. The van der Waals surface area contributed by atoms with E-state index < -0.39 is 0 Å². The minimum absolute atomic E-state index is 0.562. The van der Waals surface area contributed by atoms with Crippen molar-refractivity contribution in [1.29, 1.82) is 0 Å². The van der Waals surface area contributed by atoms with Gasteiger partial charge in [0, 0.05) is 9.13 Å². The van der Waals surface area contributed by atoms with Gasteiger partial charge in [0.1, 0.15) is 6.34 Å². The van der Waals surface area contributed by atoms with Gasteiger partial charge in [-0.25, -0.2) is 10.1 Å². The Labute approximate surface area is 126 Å². The highest BCUT2D eigenvalue weighted by molar-refractivity contribution is 14.1. The Balaban J connectivity index is 1.66. The van der Waals surface area contributed by atoms with E-state index in [4.69, 9.17) is 4.84 Å². The second-order valence-corrected chi connectivity index (χ2v) is 5.60. The second-order valence-electron chi connectivity index (χ2n) is 4.35. The summed E-state index contributed by atoms with van der Waals surface area (Å²) < 4.78 is 1.22. The van der Waals surface area contributed by atoms with Crippen LogP contribution in [-0.2, 0) is 18.0 Å². The van der Waals surface area contributed by atoms with Crippen LogP contribution in [0.4, 0.5) is 5.69 Å². The molecule has 0 spiro atoms. The summed E-state index contributed by atoms with van der Waals surface area (Å²) in [4.78, 5) is 10.1. The molecule has 0 saturated heterocycles. The van der Waals surface area contributed by atoms with E-state index in [2.05, 4.69) is 51.8 Å². The lowest BCUT2D eigenvalue weighted by Gasteiger charge is -2.23. The Bertz CT molecular complexity index is 598. The first-order valence-electron chi connectivity index (χ1n) is 6.07. The molecule has 2 aromatic carbocycles. The summed E-state index contributed by atoms with van der Waals surface area (Å²) in [6, 6.07) is 16.4. The van der Waals surface area contributed by atoms with Crippen LogP contribution >= 0.6 is 22.6 Å². The molecule has 1 aliphatic heterocycles. The minimum atomic E-state index is 0.562. The minimum Gasteiger partial charge on any atom is -0.267 e. The zero-order valence-electron chi connectivity index (χ0n) is 10.3. The zero-order chi connectivity index (χ0) is 13.1. The predicted molar refractivity (Wildman–Crippen MR) is 84.1 cm³/mol. The number of aliphatic imine (C=N–C) groups is 1. The average Bonchev–Trinajstić information content (AvgIpc) is 2.46. The standard InChI is InChI=1S/C15H13IN2O/c16-14-6-7-15-13(8-14)9-18(11-17-15)19-10-12-4-2-1-3-5-12/h1-8,11H,9-10H2. The molecule has 0 amide bonds. The summed E-state index contributed by atoms with van der Waals surface area (Å²) in [5, 5.41) is 1.78. The van der Waals surface area contributed by atoms with Gasteiger partial charge in [0.15, 0.2) is 0 Å². The number of fused-ring (bicyclic) bond motifs is 1. The first kappa shape index (κ1) is 12.6. The van der Waals surface area contributed by atoms with Crippen LogP contribution in [0.1, 0.15) is 11.1 Å². The van der Waals surface area contributed by atoms with Crippen molar-refractivity contribution in [1.82, 2.24) is 5.06 Å². The van der Waals surface area contributed by atoms with E-state index >= 15 is 0 Å². The summed E-state index contributed by atoms with van der Waals surface area (Å²) in [5.74, 6) is 0. The van der Waals surface area contributed by atoms with Gasteiger partial charge >= 0.3 is 0 Å². The summed E-state index contributed by atoms with van der Waals surface area (Å²) in [6.45, 7) is 1.30. The fourth-order valence-corrected chi connectivity index (χ4v) is 2.51. The van der Waals surface area contributed by atoms with Crippen LogP contribution in [0.15, 0.2) is 53.5 Å². The smallest absolute Gasteiger partial charge is 0.117 e. The van der Waals surface area contributed by atoms with E-state index in [0.717, 1.165) is 17.8 Å². The molecule has 0 aromatic heterocycles. The van der Waals surface area contributed by atoms with Crippen LogP contribution < -0.4 is 0 Å². The molecular weight excluding hydrogens is 351 g/mol. The van der Waals surface area contributed by atoms with Gasteiger partial charge in [-0.05, 0) is 46.4 Å². The van der Waals surface area contributed by atoms with Crippen LogP contribution in [0.3, 0.4) is 0 Å². The second kappa shape index (κ2) is 5.71. The summed E-state index contributed by atoms with van der Waals surface area (Å²) in [5.41, 5.74) is 3.38. The van der Waals surface area contributed by atoms with Crippen LogP contribution in [0.5, 0.6) is 0 Å². The van der Waals surface area contributed by atoms with Crippen LogP contribution in [0.25, 0.3) is 0 Å². The van der Waals surface area contributed by atoms with E-state index in [1.54, 1.807) is 11.4 Å². The van der Waals surface area contributed by atoms with Gasteiger partial charge in [-0.3, -0.25) is 4.84 Å². The van der Waals surface area contributed by atoms with E-state index in [0.29, 0.717) is 6.61 Å². The lowest BCUT2D eigenvalue weighted by molar-refractivity contribution is -0.114. The molecule has 19 heavy (non-hydrogen) atoms. The van der Waals surface area contributed by atoms with Crippen molar-refractivity contribution >= 4 is 34.6 Å². The Morgan fingerprint density at radius 1 is 1.16 bits per heavy atom. The molecule has 0 fully saturated rings. The molecule has 1 aliphatic rings. The molecular formula is C15H13IN2O. The topological polar surface area (TPSA) is 24.8 Å². The molecule has 0 atom stereocenters. The highest BCUT2D eigenvalue weighted by Gasteiger charge is 2.12. The van der Waals surface area contributed by atoms with Gasteiger partial charge in [0.05, 0.1) is 18.8 Å². The van der Waals surface area contributed by atoms with E-state index in [9.17, 15) is 0 Å². The van der Waals surface area contributed by atoms with Crippen LogP contribution in [-0.4, -0.2) is 11.4 Å². The molecule has 0 N–H and O–H groups in total. The van der Waals surface area contributed by atoms with Gasteiger partial charge < -0.3 is 0 Å². The fraction of sp³-hybridized carbons (Fsp3) is 0.133. The molecule has 0 radical (unpaired) electrons.